The van der Waals surface area contributed by atoms with Crippen LogP contribution < -0.4 is 0 Å². The van der Waals surface area contributed by atoms with Crippen molar-refractivity contribution in [3.05, 3.63) is 84.0 Å². The summed E-state index contributed by atoms with van der Waals surface area (Å²) in [5.74, 6) is 0.755. The molecule has 1 unspecified atom stereocenters. The molecule has 0 heterocycles. The van der Waals surface area contributed by atoms with Gasteiger partial charge in [-0.2, -0.15) is 0 Å². The van der Waals surface area contributed by atoms with E-state index in [-0.39, 0.29) is 0 Å². The molecule has 0 radical (unpaired) electrons. The van der Waals surface area contributed by atoms with Gasteiger partial charge in [0.15, 0.2) is 16.6 Å². The standard InChI is InChI=1S/C45H78O4Si3/c1-8-30-45(37-26-22-18-14-11-13-17-21-25-32-42-34-29-36-44(47)40-42)51(4,5)49-52(6,7)48-50(2,3)38-27-23-19-15-10-9-12-16-20-24-31-41-33-28-35-43(46)39-41/h15,18-19,22,28-29,33-36,39-40,45-47H,8-14,16-17,20-21,23-27,30-32,37-38H2,1-7H3/b19-15+,22-18-. The number of hydrogen-bond acceptors (Lipinski definition) is 4. The van der Waals surface area contributed by atoms with Crippen LogP contribution in [0.1, 0.15) is 134 Å². The number of phenolic OH excluding ortho intramolecular Hbond substituents is 2. The van der Waals surface area contributed by atoms with Gasteiger partial charge in [-0.25, -0.2) is 0 Å². The van der Waals surface area contributed by atoms with Crippen molar-refractivity contribution in [2.45, 2.75) is 186 Å². The molecule has 0 aliphatic carbocycles. The fraction of sp³-hybridized carbons (Fsp3) is 0.644. The van der Waals surface area contributed by atoms with Crippen LogP contribution in [-0.2, 0) is 21.1 Å². The Morgan fingerprint density at radius 1 is 0.558 bits per heavy atom. The summed E-state index contributed by atoms with van der Waals surface area (Å²) < 4.78 is 14.1. The number of allylic oxidation sites excluding steroid dienone is 4. The third kappa shape index (κ3) is 22.3. The first-order chi connectivity index (χ1) is 24.8. The van der Waals surface area contributed by atoms with Gasteiger partial charge in [-0.05, 0) is 157 Å². The van der Waals surface area contributed by atoms with Crippen LogP contribution in [0.25, 0.3) is 0 Å². The topological polar surface area (TPSA) is 58.9 Å². The quantitative estimate of drug-likeness (QED) is 0.0472. The van der Waals surface area contributed by atoms with Crippen LogP contribution in [0.5, 0.6) is 11.5 Å². The average molecular weight is 767 g/mol. The Morgan fingerprint density at radius 2 is 1.02 bits per heavy atom. The summed E-state index contributed by atoms with van der Waals surface area (Å²) in [6.45, 7) is 16.6. The molecule has 2 rings (SSSR count). The van der Waals surface area contributed by atoms with Gasteiger partial charge in [-0.15, -0.1) is 0 Å². The van der Waals surface area contributed by atoms with E-state index in [0.29, 0.717) is 17.0 Å². The zero-order chi connectivity index (χ0) is 38.1. The van der Waals surface area contributed by atoms with Gasteiger partial charge in [0.1, 0.15) is 11.5 Å². The molecule has 0 spiro atoms. The summed E-state index contributed by atoms with van der Waals surface area (Å²) in [7, 11) is -5.93. The van der Waals surface area contributed by atoms with E-state index >= 15 is 0 Å². The maximum absolute atomic E-state index is 9.62. The Hall–Kier alpha value is -1.91. The SMILES string of the molecule is CCCC(CC/C=C\CCCCCCCc1cccc(O)c1)[Si](C)(C)O[Si](C)(C)O[Si](C)(C)CCC/C=C/CCCCCCCc1cccc(O)c1. The van der Waals surface area contributed by atoms with Crippen molar-refractivity contribution in [1.82, 2.24) is 0 Å². The fourth-order valence-corrected chi connectivity index (χ4v) is 22.6. The highest BCUT2D eigenvalue weighted by atomic mass is 28.5. The Kier molecular flexibility index (Phi) is 23.1. The van der Waals surface area contributed by atoms with Crippen molar-refractivity contribution in [2.24, 2.45) is 0 Å². The predicted octanol–water partition coefficient (Wildman–Crippen LogP) is 14.6. The highest BCUT2D eigenvalue weighted by Gasteiger charge is 2.42. The molecule has 0 aromatic heterocycles. The smallest absolute Gasteiger partial charge is 0.311 e. The van der Waals surface area contributed by atoms with Gasteiger partial charge < -0.3 is 18.4 Å². The number of unbranched alkanes of at least 4 members (excludes halogenated alkanes) is 11. The molecule has 2 aromatic rings. The summed E-state index contributed by atoms with van der Waals surface area (Å²) in [5.41, 5.74) is 3.16. The summed E-state index contributed by atoms with van der Waals surface area (Å²) in [5, 5.41) is 19.2. The Morgan fingerprint density at radius 3 is 1.52 bits per heavy atom. The molecule has 4 nitrogen and oxygen atoms in total. The normalized spacial score (nSPS) is 13.4. The molecule has 7 heteroatoms. The van der Waals surface area contributed by atoms with Gasteiger partial charge >= 0.3 is 8.56 Å². The average Bonchev–Trinajstić information content (AvgIpc) is 3.06. The van der Waals surface area contributed by atoms with Crippen LogP contribution in [0.2, 0.25) is 50.9 Å². The third-order valence-corrected chi connectivity index (χ3v) is 22.7. The number of aromatic hydroxyl groups is 2. The lowest BCUT2D eigenvalue weighted by atomic mass is 10.0. The van der Waals surface area contributed by atoms with Crippen LogP contribution >= 0.6 is 0 Å². The van der Waals surface area contributed by atoms with Crippen molar-refractivity contribution in [1.29, 1.82) is 0 Å². The second kappa shape index (κ2) is 26.0. The molecule has 0 saturated heterocycles. The molecule has 0 bridgehead atoms. The van der Waals surface area contributed by atoms with Gasteiger partial charge in [-0.1, -0.05) is 113 Å². The van der Waals surface area contributed by atoms with E-state index in [1.165, 1.54) is 120 Å². The lowest BCUT2D eigenvalue weighted by molar-refractivity contribution is 0.375. The van der Waals surface area contributed by atoms with E-state index < -0.39 is 25.2 Å². The first-order valence-electron chi connectivity index (χ1n) is 21.1. The second-order valence-corrected chi connectivity index (χ2v) is 29.3. The minimum absolute atomic E-state index is 0.377. The molecule has 0 aliphatic heterocycles. The zero-order valence-corrected chi connectivity index (χ0v) is 37.6. The van der Waals surface area contributed by atoms with Crippen molar-refractivity contribution in [2.75, 3.05) is 0 Å². The van der Waals surface area contributed by atoms with Crippen LogP contribution in [0, 0.1) is 0 Å². The molecule has 0 fully saturated rings. The molecule has 0 amide bonds. The number of hydrogen-bond donors (Lipinski definition) is 2. The van der Waals surface area contributed by atoms with Crippen LogP contribution in [0.4, 0.5) is 0 Å². The van der Waals surface area contributed by atoms with E-state index in [1.807, 2.05) is 24.3 Å². The molecule has 0 aliphatic rings. The molecular weight excluding hydrogens is 689 g/mol. The second-order valence-electron chi connectivity index (χ2n) is 16.8. The lowest BCUT2D eigenvalue weighted by Crippen LogP contribution is -2.53. The number of rotatable bonds is 30. The van der Waals surface area contributed by atoms with Gasteiger partial charge in [0.05, 0.1) is 0 Å². The van der Waals surface area contributed by atoms with Crippen LogP contribution in [-0.4, -0.2) is 35.4 Å². The first-order valence-corrected chi connectivity index (χ1v) is 30.0. The monoisotopic (exact) mass is 767 g/mol. The van der Waals surface area contributed by atoms with E-state index in [1.54, 1.807) is 12.1 Å². The Bertz CT molecular complexity index is 1270. The third-order valence-electron chi connectivity index (χ3n) is 10.3. The zero-order valence-electron chi connectivity index (χ0n) is 34.6. The lowest BCUT2D eigenvalue weighted by Gasteiger charge is -2.42. The highest BCUT2D eigenvalue weighted by Crippen LogP contribution is 2.36. The van der Waals surface area contributed by atoms with Crippen molar-refractivity contribution in [3.63, 3.8) is 0 Å². The Balaban J connectivity index is 1.57. The summed E-state index contributed by atoms with van der Waals surface area (Å²) in [4.78, 5) is 0. The summed E-state index contributed by atoms with van der Waals surface area (Å²) in [6.07, 6.45) is 34.1. The van der Waals surface area contributed by atoms with Gasteiger partial charge in [0.2, 0.25) is 0 Å². The molecule has 2 N–H and O–H groups in total. The van der Waals surface area contributed by atoms with Crippen LogP contribution in [0.15, 0.2) is 72.8 Å². The van der Waals surface area contributed by atoms with E-state index in [4.69, 9.17) is 8.23 Å². The molecule has 52 heavy (non-hydrogen) atoms. The molecular formula is C45H78O4Si3. The first kappa shape index (κ1) is 46.2. The molecule has 294 valence electrons. The van der Waals surface area contributed by atoms with E-state index in [0.717, 1.165) is 25.7 Å². The van der Waals surface area contributed by atoms with Gasteiger partial charge in [0.25, 0.3) is 0 Å². The van der Waals surface area contributed by atoms with Crippen LogP contribution in [0.3, 0.4) is 0 Å². The van der Waals surface area contributed by atoms with Gasteiger partial charge in [-0.3, -0.25) is 0 Å². The molecule has 2 aromatic carbocycles. The largest absolute Gasteiger partial charge is 0.508 e. The fourth-order valence-electron chi connectivity index (χ4n) is 7.72. The Labute approximate surface area is 324 Å². The van der Waals surface area contributed by atoms with E-state index in [2.05, 4.69) is 82.6 Å². The maximum Gasteiger partial charge on any atom is 0.311 e. The minimum atomic E-state index is -2.22. The van der Waals surface area contributed by atoms with Crippen molar-refractivity contribution >= 4 is 25.2 Å². The maximum atomic E-state index is 9.62. The number of benzene rings is 2. The summed E-state index contributed by atoms with van der Waals surface area (Å²) >= 11 is 0. The molecule has 1 atom stereocenters. The van der Waals surface area contributed by atoms with Gasteiger partial charge in [0, 0.05) is 0 Å². The number of phenols is 2. The molecule has 0 saturated carbocycles. The number of aryl methyl sites for hydroxylation is 2. The minimum Gasteiger partial charge on any atom is -0.508 e. The summed E-state index contributed by atoms with van der Waals surface area (Å²) in [6, 6.07) is 16.6. The van der Waals surface area contributed by atoms with E-state index in [9.17, 15) is 10.2 Å². The highest BCUT2D eigenvalue weighted by molar-refractivity contribution is 6.88. The van der Waals surface area contributed by atoms with Crippen molar-refractivity contribution in [3.8, 4) is 11.5 Å². The van der Waals surface area contributed by atoms with Crippen molar-refractivity contribution < 1.29 is 18.4 Å². The predicted molar refractivity (Wildman–Crippen MR) is 234 cm³/mol.